The third-order valence-electron chi connectivity index (χ3n) is 2.01. The lowest BCUT2D eigenvalue weighted by Gasteiger charge is -2.12. The van der Waals surface area contributed by atoms with Gasteiger partial charge in [0.1, 0.15) is 0 Å². The average Bonchev–Trinajstić information content (AvgIpc) is 2.61. The molecule has 5 heteroatoms. The fourth-order valence-corrected chi connectivity index (χ4v) is 1.96. The fourth-order valence-electron chi connectivity index (χ4n) is 1.21. The van der Waals surface area contributed by atoms with E-state index < -0.39 is 0 Å². The first-order chi connectivity index (χ1) is 7.15. The summed E-state index contributed by atoms with van der Waals surface area (Å²) in [5, 5.41) is 3.87. The molecule has 0 saturated carbocycles. The van der Waals surface area contributed by atoms with E-state index in [4.69, 9.17) is 4.42 Å². The second kappa shape index (κ2) is 6.33. The number of amides is 1. The average molecular weight is 339 g/mol. The summed E-state index contributed by atoms with van der Waals surface area (Å²) < 4.78 is 5.48. The summed E-state index contributed by atoms with van der Waals surface area (Å²) in [4.78, 5) is 11.7. The molecule has 0 aliphatic rings. The van der Waals surface area contributed by atoms with Crippen LogP contribution in [0.15, 0.2) is 21.4 Å². The maximum absolute atomic E-state index is 11.7. The molecule has 1 N–H and O–H groups in total. The zero-order valence-corrected chi connectivity index (χ0v) is 11.6. The number of nitrogens with one attached hydrogen (secondary N) is 1. The highest BCUT2D eigenvalue weighted by molar-refractivity contribution is 9.10. The normalized spacial score (nSPS) is 12.5. The van der Waals surface area contributed by atoms with E-state index in [9.17, 15) is 4.79 Å². The zero-order chi connectivity index (χ0) is 11.3. The van der Waals surface area contributed by atoms with Crippen LogP contribution in [0.2, 0.25) is 0 Å². The van der Waals surface area contributed by atoms with Crippen molar-refractivity contribution >= 4 is 37.8 Å². The molecule has 0 aliphatic carbocycles. The maximum atomic E-state index is 11.7. The second-order valence-electron chi connectivity index (χ2n) is 3.31. The van der Waals surface area contributed by atoms with Gasteiger partial charge in [0.2, 0.25) is 0 Å². The van der Waals surface area contributed by atoms with Crippen LogP contribution >= 0.6 is 31.9 Å². The Hall–Kier alpha value is -0.290. The van der Waals surface area contributed by atoms with Crippen molar-refractivity contribution in [2.24, 2.45) is 0 Å². The Balaban J connectivity index is 2.46. The number of halogens is 2. The van der Waals surface area contributed by atoms with E-state index in [2.05, 4.69) is 37.2 Å². The van der Waals surface area contributed by atoms with E-state index in [-0.39, 0.29) is 11.9 Å². The van der Waals surface area contributed by atoms with Gasteiger partial charge in [-0.25, -0.2) is 0 Å². The van der Waals surface area contributed by atoms with E-state index in [1.807, 2.05) is 6.92 Å². The van der Waals surface area contributed by atoms with Crippen molar-refractivity contribution in [1.82, 2.24) is 5.32 Å². The van der Waals surface area contributed by atoms with Crippen LogP contribution in [-0.2, 0) is 0 Å². The molecule has 1 heterocycles. The Morgan fingerprint density at radius 3 is 2.93 bits per heavy atom. The summed E-state index contributed by atoms with van der Waals surface area (Å²) in [7, 11) is 0. The van der Waals surface area contributed by atoms with Crippen LogP contribution in [0.4, 0.5) is 0 Å². The predicted molar refractivity (Wildman–Crippen MR) is 66.4 cm³/mol. The largest absolute Gasteiger partial charge is 0.457 e. The van der Waals surface area contributed by atoms with Crippen LogP contribution in [-0.4, -0.2) is 17.3 Å². The lowest BCUT2D eigenvalue weighted by Crippen LogP contribution is -2.32. The minimum Gasteiger partial charge on any atom is -0.457 e. The molecule has 84 valence electrons. The highest BCUT2D eigenvalue weighted by Crippen LogP contribution is 2.17. The number of alkyl halides is 1. The molecule has 0 aliphatic heterocycles. The molecule has 0 saturated heterocycles. The number of rotatable bonds is 5. The summed E-state index contributed by atoms with van der Waals surface area (Å²) >= 11 is 6.53. The zero-order valence-electron chi connectivity index (χ0n) is 8.43. The van der Waals surface area contributed by atoms with Gasteiger partial charge >= 0.3 is 0 Å². The first-order valence-corrected chi connectivity index (χ1v) is 6.66. The van der Waals surface area contributed by atoms with E-state index in [1.165, 1.54) is 6.26 Å². The van der Waals surface area contributed by atoms with Crippen molar-refractivity contribution < 1.29 is 9.21 Å². The molecular formula is C10H13Br2NO2. The maximum Gasteiger partial charge on any atom is 0.255 e. The molecule has 15 heavy (non-hydrogen) atoms. The lowest BCUT2D eigenvalue weighted by atomic mass is 10.2. The molecule has 0 radical (unpaired) electrons. The quantitative estimate of drug-likeness (QED) is 0.837. The highest BCUT2D eigenvalue weighted by atomic mass is 79.9. The van der Waals surface area contributed by atoms with Crippen molar-refractivity contribution in [2.75, 3.05) is 5.33 Å². The van der Waals surface area contributed by atoms with Crippen LogP contribution < -0.4 is 5.32 Å². The van der Waals surface area contributed by atoms with Crippen LogP contribution in [0.25, 0.3) is 0 Å². The first kappa shape index (κ1) is 12.8. The minimum atomic E-state index is -0.0994. The van der Waals surface area contributed by atoms with Crippen LogP contribution in [0.3, 0.4) is 0 Å². The SMILES string of the molecule is CC(CCCBr)NC(=O)c1ccoc1Br. The summed E-state index contributed by atoms with van der Waals surface area (Å²) in [6, 6.07) is 1.83. The monoisotopic (exact) mass is 337 g/mol. The first-order valence-electron chi connectivity index (χ1n) is 4.75. The molecule has 1 unspecified atom stereocenters. The van der Waals surface area contributed by atoms with Gasteiger partial charge in [-0.1, -0.05) is 15.9 Å². The topological polar surface area (TPSA) is 42.2 Å². The molecule has 1 atom stereocenters. The smallest absolute Gasteiger partial charge is 0.255 e. The van der Waals surface area contributed by atoms with Gasteiger partial charge in [0.05, 0.1) is 11.8 Å². The van der Waals surface area contributed by atoms with Crippen molar-refractivity contribution in [2.45, 2.75) is 25.8 Å². The summed E-state index contributed by atoms with van der Waals surface area (Å²) in [6.07, 6.45) is 3.50. The van der Waals surface area contributed by atoms with E-state index in [0.717, 1.165) is 18.2 Å². The Bertz CT molecular complexity index is 325. The summed E-state index contributed by atoms with van der Waals surface area (Å²) in [5.74, 6) is -0.0994. The van der Waals surface area contributed by atoms with Crippen LogP contribution in [0.1, 0.15) is 30.1 Å². The predicted octanol–water partition coefficient (Wildman–Crippen LogP) is 3.34. The van der Waals surface area contributed by atoms with Crippen LogP contribution in [0.5, 0.6) is 0 Å². The van der Waals surface area contributed by atoms with Crippen molar-refractivity contribution in [3.63, 3.8) is 0 Å². The van der Waals surface area contributed by atoms with E-state index in [0.29, 0.717) is 10.2 Å². The van der Waals surface area contributed by atoms with Crippen molar-refractivity contribution in [1.29, 1.82) is 0 Å². The number of furan rings is 1. The Kier molecular flexibility index (Phi) is 5.39. The molecule has 1 aromatic rings. The standard InChI is InChI=1S/C10H13Br2NO2/c1-7(3-2-5-11)13-10(14)8-4-6-15-9(8)12/h4,6-7H,2-3,5H2,1H3,(H,13,14). The molecular weight excluding hydrogens is 326 g/mol. The summed E-state index contributed by atoms with van der Waals surface area (Å²) in [5.41, 5.74) is 0.542. The third kappa shape index (κ3) is 3.99. The van der Waals surface area contributed by atoms with Gasteiger partial charge in [0, 0.05) is 11.4 Å². The third-order valence-corrected chi connectivity index (χ3v) is 3.19. The van der Waals surface area contributed by atoms with Crippen molar-refractivity contribution in [3.8, 4) is 0 Å². The lowest BCUT2D eigenvalue weighted by molar-refractivity contribution is 0.0936. The van der Waals surface area contributed by atoms with Gasteiger partial charge in [-0.3, -0.25) is 4.79 Å². The highest BCUT2D eigenvalue weighted by Gasteiger charge is 2.14. The molecule has 1 rings (SSSR count). The molecule has 0 aromatic carbocycles. The van der Waals surface area contributed by atoms with Crippen LogP contribution in [0, 0.1) is 0 Å². The molecule has 0 bridgehead atoms. The van der Waals surface area contributed by atoms with Gasteiger partial charge < -0.3 is 9.73 Å². The molecule has 1 amide bonds. The molecule has 1 aromatic heterocycles. The number of carbonyl (C=O) groups excluding carboxylic acids is 1. The van der Waals surface area contributed by atoms with Gasteiger partial charge in [0.15, 0.2) is 4.67 Å². The second-order valence-corrected chi connectivity index (χ2v) is 4.83. The van der Waals surface area contributed by atoms with E-state index >= 15 is 0 Å². The molecule has 0 fully saturated rings. The van der Waals surface area contributed by atoms with Crippen molar-refractivity contribution in [3.05, 3.63) is 22.6 Å². The number of carbonyl (C=O) groups is 1. The molecule has 0 spiro atoms. The van der Waals surface area contributed by atoms with Gasteiger partial charge in [-0.15, -0.1) is 0 Å². The minimum absolute atomic E-state index is 0.0994. The van der Waals surface area contributed by atoms with Gasteiger partial charge in [-0.05, 0) is 41.8 Å². The van der Waals surface area contributed by atoms with Gasteiger partial charge in [-0.2, -0.15) is 0 Å². The Morgan fingerprint density at radius 1 is 1.67 bits per heavy atom. The number of hydrogen-bond donors (Lipinski definition) is 1. The fraction of sp³-hybridized carbons (Fsp3) is 0.500. The number of hydrogen-bond acceptors (Lipinski definition) is 2. The summed E-state index contributed by atoms with van der Waals surface area (Å²) in [6.45, 7) is 1.99. The van der Waals surface area contributed by atoms with E-state index in [1.54, 1.807) is 6.07 Å². The Labute approximate surface area is 106 Å². The molecule has 3 nitrogen and oxygen atoms in total. The Morgan fingerprint density at radius 2 is 2.40 bits per heavy atom. The van der Waals surface area contributed by atoms with Gasteiger partial charge in [0.25, 0.3) is 5.91 Å².